The SMILES string of the molecule is N#Cc1cc(F)c2nc(Br)[nH]c2c1. The first-order chi connectivity index (χ1) is 6.20. The Labute approximate surface area is 81.3 Å². The molecule has 0 aliphatic heterocycles. The number of H-pyrrole nitrogens is 1. The van der Waals surface area contributed by atoms with Gasteiger partial charge in [-0.2, -0.15) is 5.26 Å². The van der Waals surface area contributed by atoms with Gasteiger partial charge in [0.15, 0.2) is 10.6 Å². The second-order valence-electron chi connectivity index (χ2n) is 2.49. The highest BCUT2D eigenvalue weighted by atomic mass is 79.9. The molecule has 0 fully saturated rings. The molecule has 5 heteroatoms. The molecular formula is C8H3BrFN3. The third-order valence-corrected chi connectivity index (χ3v) is 2.02. The van der Waals surface area contributed by atoms with Gasteiger partial charge in [0.25, 0.3) is 0 Å². The summed E-state index contributed by atoms with van der Waals surface area (Å²) in [4.78, 5) is 6.65. The van der Waals surface area contributed by atoms with Crippen LogP contribution in [0.4, 0.5) is 4.39 Å². The van der Waals surface area contributed by atoms with Crippen LogP contribution in [0.3, 0.4) is 0 Å². The first-order valence-corrected chi connectivity index (χ1v) is 4.25. The van der Waals surface area contributed by atoms with Gasteiger partial charge in [-0.3, -0.25) is 0 Å². The minimum Gasteiger partial charge on any atom is -0.332 e. The van der Waals surface area contributed by atoms with E-state index in [1.807, 2.05) is 6.07 Å². The minimum atomic E-state index is -0.490. The third kappa shape index (κ3) is 1.29. The van der Waals surface area contributed by atoms with E-state index in [1.165, 1.54) is 0 Å². The Hall–Kier alpha value is -1.41. The number of aromatic amines is 1. The maximum absolute atomic E-state index is 13.2. The summed E-state index contributed by atoms with van der Waals surface area (Å²) < 4.78 is 13.6. The number of aromatic nitrogens is 2. The van der Waals surface area contributed by atoms with E-state index in [2.05, 4.69) is 25.9 Å². The lowest BCUT2D eigenvalue weighted by Crippen LogP contribution is -1.81. The number of fused-ring (bicyclic) bond motifs is 1. The number of halogens is 2. The van der Waals surface area contributed by atoms with Crippen LogP contribution >= 0.6 is 15.9 Å². The van der Waals surface area contributed by atoms with Crippen molar-refractivity contribution in [1.29, 1.82) is 5.26 Å². The number of nitriles is 1. The highest BCUT2D eigenvalue weighted by Crippen LogP contribution is 2.19. The van der Waals surface area contributed by atoms with E-state index in [9.17, 15) is 4.39 Å². The molecule has 0 aliphatic carbocycles. The Balaban J connectivity index is 2.85. The second kappa shape index (κ2) is 2.82. The molecule has 1 aromatic heterocycles. The van der Waals surface area contributed by atoms with E-state index >= 15 is 0 Å². The molecule has 0 spiro atoms. The molecule has 3 nitrogen and oxygen atoms in total. The number of imidazole rings is 1. The molecule has 64 valence electrons. The molecule has 0 radical (unpaired) electrons. The van der Waals surface area contributed by atoms with Gasteiger partial charge in [0.1, 0.15) is 5.52 Å². The van der Waals surface area contributed by atoms with Crippen LogP contribution in [-0.2, 0) is 0 Å². The summed E-state index contributed by atoms with van der Waals surface area (Å²) in [7, 11) is 0. The summed E-state index contributed by atoms with van der Waals surface area (Å²) in [6.07, 6.45) is 0. The van der Waals surface area contributed by atoms with E-state index in [0.717, 1.165) is 6.07 Å². The van der Waals surface area contributed by atoms with Gasteiger partial charge in [0.05, 0.1) is 17.1 Å². The zero-order valence-corrected chi connectivity index (χ0v) is 7.89. The molecule has 2 rings (SSSR count). The fourth-order valence-electron chi connectivity index (χ4n) is 1.11. The lowest BCUT2D eigenvalue weighted by Gasteiger charge is -1.91. The third-order valence-electron chi connectivity index (χ3n) is 1.64. The fourth-order valence-corrected chi connectivity index (χ4v) is 1.50. The van der Waals surface area contributed by atoms with E-state index in [-0.39, 0.29) is 11.1 Å². The first kappa shape index (κ1) is 8.20. The Morgan fingerprint density at radius 3 is 3.00 bits per heavy atom. The van der Waals surface area contributed by atoms with Crippen molar-refractivity contribution in [2.45, 2.75) is 0 Å². The zero-order chi connectivity index (χ0) is 9.42. The van der Waals surface area contributed by atoms with Crippen LogP contribution in [0.25, 0.3) is 11.0 Å². The van der Waals surface area contributed by atoms with Gasteiger partial charge in [-0.15, -0.1) is 0 Å². The number of hydrogen-bond acceptors (Lipinski definition) is 2. The molecule has 0 saturated heterocycles. The van der Waals surface area contributed by atoms with Gasteiger partial charge in [-0.25, -0.2) is 9.37 Å². The second-order valence-corrected chi connectivity index (χ2v) is 3.24. The zero-order valence-electron chi connectivity index (χ0n) is 6.31. The van der Waals surface area contributed by atoms with Gasteiger partial charge < -0.3 is 4.98 Å². The lowest BCUT2D eigenvalue weighted by atomic mass is 10.2. The number of benzene rings is 1. The summed E-state index contributed by atoms with van der Waals surface area (Å²) >= 11 is 3.09. The quantitative estimate of drug-likeness (QED) is 0.768. The average Bonchev–Trinajstić information content (AvgIpc) is 2.46. The molecular weight excluding hydrogens is 237 g/mol. The first-order valence-electron chi connectivity index (χ1n) is 3.45. The fraction of sp³-hybridized carbons (Fsp3) is 0. The molecule has 13 heavy (non-hydrogen) atoms. The number of hydrogen-bond donors (Lipinski definition) is 1. The monoisotopic (exact) mass is 239 g/mol. The molecule has 1 heterocycles. The summed E-state index contributed by atoms with van der Waals surface area (Å²) in [5.74, 6) is -0.490. The van der Waals surface area contributed by atoms with E-state index < -0.39 is 5.82 Å². The number of nitrogens with one attached hydrogen (secondary N) is 1. The van der Waals surface area contributed by atoms with Crippen molar-refractivity contribution in [3.8, 4) is 6.07 Å². The molecule has 2 aromatic rings. The minimum absolute atomic E-state index is 0.242. The molecule has 1 N–H and O–H groups in total. The molecule has 0 saturated carbocycles. The van der Waals surface area contributed by atoms with Crippen molar-refractivity contribution in [2.75, 3.05) is 0 Å². The van der Waals surface area contributed by atoms with Crippen molar-refractivity contribution < 1.29 is 4.39 Å². The van der Waals surface area contributed by atoms with Gasteiger partial charge in [-0.1, -0.05) is 0 Å². The molecule has 1 aromatic carbocycles. The van der Waals surface area contributed by atoms with Crippen molar-refractivity contribution in [1.82, 2.24) is 9.97 Å². The van der Waals surface area contributed by atoms with Crippen molar-refractivity contribution in [3.63, 3.8) is 0 Å². The van der Waals surface area contributed by atoms with Crippen LogP contribution in [0.15, 0.2) is 16.9 Å². The van der Waals surface area contributed by atoms with Crippen LogP contribution in [0.5, 0.6) is 0 Å². The van der Waals surface area contributed by atoms with E-state index in [0.29, 0.717) is 10.3 Å². The summed E-state index contributed by atoms with van der Waals surface area (Å²) in [5, 5.41) is 8.57. The highest BCUT2D eigenvalue weighted by Gasteiger charge is 2.07. The van der Waals surface area contributed by atoms with Gasteiger partial charge in [-0.05, 0) is 28.1 Å². The maximum Gasteiger partial charge on any atom is 0.175 e. The Kier molecular flexibility index (Phi) is 1.78. The van der Waals surface area contributed by atoms with Crippen LogP contribution in [0, 0.1) is 17.1 Å². The normalized spacial score (nSPS) is 10.2. The Morgan fingerprint density at radius 2 is 2.31 bits per heavy atom. The van der Waals surface area contributed by atoms with Crippen LogP contribution in [-0.4, -0.2) is 9.97 Å². The summed E-state index contributed by atoms with van der Waals surface area (Å²) in [5.41, 5.74) is 1.04. The van der Waals surface area contributed by atoms with Gasteiger partial charge >= 0.3 is 0 Å². The number of nitrogens with zero attached hydrogens (tertiary/aromatic N) is 2. The van der Waals surface area contributed by atoms with E-state index in [1.54, 1.807) is 6.07 Å². The van der Waals surface area contributed by atoms with Crippen LogP contribution < -0.4 is 0 Å². The maximum atomic E-state index is 13.2. The molecule has 0 aliphatic rings. The Morgan fingerprint density at radius 1 is 1.54 bits per heavy atom. The Bertz CT molecular complexity index is 512. The summed E-state index contributed by atoms with van der Waals surface area (Å²) in [6.45, 7) is 0. The van der Waals surface area contributed by atoms with E-state index in [4.69, 9.17) is 5.26 Å². The number of rotatable bonds is 0. The molecule has 0 bridgehead atoms. The van der Waals surface area contributed by atoms with Crippen molar-refractivity contribution in [3.05, 3.63) is 28.2 Å². The van der Waals surface area contributed by atoms with Gasteiger partial charge in [0.2, 0.25) is 0 Å². The smallest absolute Gasteiger partial charge is 0.175 e. The predicted octanol–water partition coefficient (Wildman–Crippen LogP) is 2.34. The van der Waals surface area contributed by atoms with Crippen molar-refractivity contribution >= 4 is 27.0 Å². The van der Waals surface area contributed by atoms with Crippen LogP contribution in [0.2, 0.25) is 0 Å². The molecule has 0 amide bonds. The van der Waals surface area contributed by atoms with Crippen molar-refractivity contribution in [2.24, 2.45) is 0 Å². The summed E-state index contributed by atoms with van der Waals surface area (Å²) in [6, 6.07) is 4.58. The standard InChI is InChI=1S/C8H3BrFN3/c9-8-12-6-2-4(3-11)1-5(10)7(6)13-8/h1-2H,(H,12,13). The van der Waals surface area contributed by atoms with Gasteiger partial charge in [0, 0.05) is 0 Å². The average molecular weight is 240 g/mol. The predicted molar refractivity (Wildman–Crippen MR) is 48.5 cm³/mol. The molecule has 0 unspecified atom stereocenters. The largest absolute Gasteiger partial charge is 0.332 e. The van der Waals surface area contributed by atoms with Crippen LogP contribution in [0.1, 0.15) is 5.56 Å². The molecule has 0 atom stereocenters. The topological polar surface area (TPSA) is 52.5 Å². The highest BCUT2D eigenvalue weighted by molar-refractivity contribution is 9.10. The lowest BCUT2D eigenvalue weighted by molar-refractivity contribution is 0.637.